The van der Waals surface area contributed by atoms with Crippen molar-refractivity contribution in [2.24, 2.45) is 0 Å². The molecule has 0 radical (unpaired) electrons. The van der Waals surface area contributed by atoms with Crippen LogP contribution < -0.4 is 0 Å². The fourth-order valence-electron chi connectivity index (χ4n) is 2.54. The number of carbonyl (C=O) groups is 1. The zero-order valence-electron chi connectivity index (χ0n) is 13.7. The van der Waals surface area contributed by atoms with Crippen molar-refractivity contribution in [1.82, 2.24) is 15.2 Å². The number of para-hydroxylation sites is 1. The lowest BCUT2D eigenvalue weighted by molar-refractivity contribution is -0.131. The van der Waals surface area contributed by atoms with Gasteiger partial charge in [0, 0.05) is 33.2 Å². The van der Waals surface area contributed by atoms with Crippen LogP contribution in [0, 0.1) is 0 Å². The second kappa shape index (κ2) is 7.30. The summed E-state index contributed by atoms with van der Waals surface area (Å²) in [5, 5.41) is 19.1. The van der Waals surface area contributed by atoms with Crippen LogP contribution in [0.4, 0.5) is 0 Å². The van der Waals surface area contributed by atoms with E-state index in [1.165, 1.54) is 0 Å². The number of rotatable bonds is 5. The summed E-state index contributed by atoms with van der Waals surface area (Å²) in [6, 6.07) is 14.6. The molecule has 27 heavy (non-hydrogen) atoms. The van der Waals surface area contributed by atoms with E-state index in [1.54, 1.807) is 36.5 Å². The lowest BCUT2D eigenvalue weighted by Gasteiger charge is -1.98. The normalized spacial score (nSPS) is 11.8. The van der Waals surface area contributed by atoms with E-state index in [4.69, 9.17) is 16.0 Å². The van der Waals surface area contributed by atoms with E-state index < -0.39 is 5.97 Å². The van der Waals surface area contributed by atoms with Crippen LogP contribution in [0.3, 0.4) is 0 Å². The van der Waals surface area contributed by atoms with Gasteiger partial charge in [0.2, 0.25) is 5.89 Å². The van der Waals surface area contributed by atoms with Gasteiger partial charge in [-0.1, -0.05) is 29.8 Å². The predicted molar refractivity (Wildman–Crippen MR) is 105 cm³/mol. The number of halogens is 1. The van der Waals surface area contributed by atoms with Crippen LogP contribution in [-0.4, -0.2) is 26.3 Å². The summed E-state index contributed by atoms with van der Waals surface area (Å²) in [7, 11) is 0. The van der Waals surface area contributed by atoms with Crippen LogP contribution >= 0.6 is 23.4 Å². The summed E-state index contributed by atoms with van der Waals surface area (Å²) in [5.74, 6) is -0.775. The third-order valence-corrected chi connectivity index (χ3v) is 4.92. The molecule has 2 N–H and O–H groups in total. The number of thioether (sulfide) groups is 1. The zero-order chi connectivity index (χ0) is 18.8. The predicted octanol–water partition coefficient (Wildman–Crippen LogP) is 5.09. The van der Waals surface area contributed by atoms with E-state index in [2.05, 4.69) is 15.2 Å². The number of carboxylic acids is 1. The van der Waals surface area contributed by atoms with Gasteiger partial charge in [-0.2, -0.15) is 0 Å². The number of nitrogens with one attached hydrogen (secondary N) is 1. The molecule has 0 amide bonds. The van der Waals surface area contributed by atoms with Gasteiger partial charge in [0.15, 0.2) is 0 Å². The van der Waals surface area contributed by atoms with Crippen LogP contribution in [0.25, 0.3) is 28.4 Å². The Morgan fingerprint density at radius 1 is 1.15 bits per heavy atom. The molecule has 2 aromatic heterocycles. The third kappa shape index (κ3) is 3.74. The van der Waals surface area contributed by atoms with Gasteiger partial charge < -0.3 is 14.5 Å². The molecule has 4 aromatic rings. The minimum Gasteiger partial charge on any atom is -0.477 e. The van der Waals surface area contributed by atoms with Crippen LogP contribution in [0.1, 0.15) is 5.56 Å². The number of hydrogen-bond acceptors (Lipinski definition) is 5. The number of aliphatic carboxylic acids is 1. The third-order valence-electron chi connectivity index (χ3n) is 3.81. The van der Waals surface area contributed by atoms with Crippen molar-refractivity contribution in [2.45, 2.75) is 5.22 Å². The highest BCUT2D eigenvalue weighted by atomic mass is 35.5. The van der Waals surface area contributed by atoms with Gasteiger partial charge in [-0.15, -0.1) is 10.2 Å². The fourth-order valence-corrected chi connectivity index (χ4v) is 3.33. The van der Waals surface area contributed by atoms with Gasteiger partial charge in [-0.25, -0.2) is 4.79 Å². The molecule has 0 aliphatic heterocycles. The van der Waals surface area contributed by atoms with Crippen molar-refractivity contribution in [3.05, 3.63) is 70.2 Å². The summed E-state index contributed by atoms with van der Waals surface area (Å²) in [6.45, 7) is 0. The van der Waals surface area contributed by atoms with Crippen LogP contribution in [0.5, 0.6) is 0 Å². The molecule has 2 aromatic carbocycles. The van der Waals surface area contributed by atoms with Gasteiger partial charge in [0.25, 0.3) is 5.22 Å². The molecule has 0 aliphatic rings. The molecular formula is C19H12ClN3O3S. The first-order valence-electron chi connectivity index (χ1n) is 7.88. The number of carboxylic acid groups (broad SMARTS) is 1. The Morgan fingerprint density at radius 2 is 1.93 bits per heavy atom. The summed E-state index contributed by atoms with van der Waals surface area (Å²) in [6.07, 6.45) is 3.35. The van der Waals surface area contributed by atoms with Crippen molar-refractivity contribution < 1.29 is 14.3 Å². The second-order valence-corrected chi connectivity index (χ2v) is 7.02. The molecule has 134 valence electrons. The highest BCUT2D eigenvalue weighted by Gasteiger charge is 2.16. The second-order valence-electron chi connectivity index (χ2n) is 5.59. The lowest BCUT2D eigenvalue weighted by atomic mass is 10.1. The number of hydrogen-bond donors (Lipinski definition) is 2. The molecule has 0 atom stereocenters. The monoisotopic (exact) mass is 397 g/mol. The Balaban J connectivity index is 1.63. The lowest BCUT2D eigenvalue weighted by Crippen LogP contribution is -1.96. The quantitative estimate of drug-likeness (QED) is 0.360. The van der Waals surface area contributed by atoms with E-state index >= 15 is 0 Å². The van der Waals surface area contributed by atoms with E-state index in [9.17, 15) is 9.90 Å². The average Bonchev–Trinajstić information content (AvgIpc) is 3.29. The molecule has 2 heterocycles. The van der Waals surface area contributed by atoms with Gasteiger partial charge >= 0.3 is 5.97 Å². The highest BCUT2D eigenvalue weighted by Crippen LogP contribution is 2.31. The standard InChI is InChI=1S/C19H12ClN3O3S/c20-13-7-5-11(6-8-13)17-22-23-19(26-17)27-16(18(24)25)9-12-10-21-15-4-2-1-3-14(12)15/h1-10,21H,(H,24,25)/b16-9-. The summed E-state index contributed by atoms with van der Waals surface area (Å²) < 4.78 is 5.58. The molecule has 0 saturated heterocycles. The zero-order valence-corrected chi connectivity index (χ0v) is 15.3. The first kappa shape index (κ1) is 17.4. The Hall–Kier alpha value is -3.03. The van der Waals surface area contributed by atoms with Gasteiger partial charge in [0.1, 0.15) is 4.91 Å². The molecule has 0 spiro atoms. The molecule has 8 heteroatoms. The van der Waals surface area contributed by atoms with E-state index in [1.807, 2.05) is 24.3 Å². The summed E-state index contributed by atoms with van der Waals surface area (Å²) >= 11 is 6.77. The topological polar surface area (TPSA) is 92.0 Å². The number of nitrogens with zero attached hydrogens (tertiary/aromatic N) is 2. The molecule has 0 aliphatic carbocycles. The van der Waals surface area contributed by atoms with Gasteiger partial charge in [0.05, 0.1) is 0 Å². The number of aromatic nitrogens is 3. The molecule has 6 nitrogen and oxygen atoms in total. The maximum atomic E-state index is 11.7. The van der Waals surface area contributed by atoms with E-state index in [0.29, 0.717) is 16.5 Å². The number of fused-ring (bicyclic) bond motifs is 1. The minimum atomic E-state index is -1.07. The van der Waals surface area contributed by atoms with Crippen molar-refractivity contribution >= 4 is 46.3 Å². The van der Waals surface area contributed by atoms with Gasteiger partial charge in [-0.3, -0.25) is 0 Å². The van der Waals surface area contributed by atoms with E-state index in [0.717, 1.165) is 28.2 Å². The smallest absolute Gasteiger partial charge is 0.342 e. The largest absolute Gasteiger partial charge is 0.477 e. The Morgan fingerprint density at radius 3 is 2.70 bits per heavy atom. The Kier molecular flexibility index (Phi) is 4.70. The average molecular weight is 398 g/mol. The van der Waals surface area contributed by atoms with Crippen LogP contribution in [0.2, 0.25) is 5.02 Å². The van der Waals surface area contributed by atoms with Crippen molar-refractivity contribution in [3.63, 3.8) is 0 Å². The highest BCUT2D eigenvalue weighted by molar-refractivity contribution is 8.03. The molecular weight excluding hydrogens is 386 g/mol. The number of aromatic amines is 1. The Bertz CT molecular complexity index is 1150. The van der Waals surface area contributed by atoms with Crippen LogP contribution in [-0.2, 0) is 4.79 Å². The first-order valence-corrected chi connectivity index (χ1v) is 9.08. The maximum Gasteiger partial charge on any atom is 0.342 e. The Labute approximate surface area is 162 Å². The first-order chi connectivity index (χ1) is 13.1. The molecule has 4 rings (SSSR count). The van der Waals surface area contributed by atoms with E-state index in [-0.39, 0.29) is 10.1 Å². The van der Waals surface area contributed by atoms with Crippen LogP contribution in [0.15, 0.2) is 69.3 Å². The maximum absolute atomic E-state index is 11.7. The summed E-state index contributed by atoms with van der Waals surface area (Å²) in [4.78, 5) is 14.9. The molecule has 0 saturated carbocycles. The molecule has 0 unspecified atom stereocenters. The SMILES string of the molecule is O=C(O)/C(=C/c1c[nH]c2ccccc12)Sc1nnc(-c2ccc(Cl)cc2)o1. The van der Waals surface area contributed by atoms with Crippen molar-refractivity contribution in [1.29, 1.82) is 0 Å². The van der Waals surface area contributed by atoms with Crippen molar-refractivity contribution in [2.75, 3.05) is 0 Å². The van der Waals surface area contributed by atoms with Gasteiger partial charge in [-0.05, 0) is 48.2 Å². The number of benzene rings is 2. The fraction of sp³-hybridized carbons (Fsp3) is 0. The molecule has 0 bridgehead atoms. The molecule has 0 fully saturated rings. The number of H-pyrrole nitrogens is 1. The minimum absolute atomic E-state index is 0.0751. The summed E-state index contributed by atoms with van der Waals surface area (Å²) in [5.41, 5.74) is 2.41. The van der Waals surface area contributed by atoms with Crippen molar-refractivity contribution in [3.8, 4) is 11.5 Å².